The molecular formula is C21H24FN3O2S. The molecule has 0 radical (unpaired) electrons. The lowest BCUT2D eigenvalue weighted by Gasteiger charge is -2.18. The van der Waals surface area contributed by atoms with Gasteiger partial charge in [0.2, 0.25) is 0 Å². The normalized spacial score (nSPS) is 11.6. The van der Waals surface area contributed by atoms with Gasteiger partial charge < -0.3 is 0 Å². The number of halogens is 1. The first-order chi connectivity index (χ1) is 13.1. The molecular weight excluding hydrogens is 377 g/mol. The van der Waals surface area contributed by atoms with E-state index < -0.39 is 10.0 Å². The Morgan fingerprint density at radius 2 is 1.43 bits per heavy atom. The zero-order valence-electron chi connectivity index (χ0n) is 16.7. The van der Waals surface area contributed by atoms with Crippen molar-refractivity contribution in [1.29, 1.82) is 0 Å². The summed E-state index contributed by atoms with van der Waals surface area (Å²) in [7, 11) is -3.78. The lowest BCUT2D eigenvalue weighted by molar-refractivity contribution is 0.599. The Kier molecular flexibility index (Phi) is 5.30. The van der Waals surface area contributed by atoms with Crippen molar-refractivity contribution >= 4 is 15.8 Å². The van der Waals surface area contributed by atoms with Gasteiger partial charge in [-0.25, -0.2) is 12.8 Å². The van der Waals surface area contributed by atoms with Crippen LogP contribution in [0.25, 0.3) is 0 Å². The molecule has 1 N–H and O–H groups in total. The Hall–Kier alpha value is -2.67. The molecule has 0 bridgehead atoms. The molecule has 0 fully saturated rings. The van der Waals surface area contributed by atoms with E-state index in [1.165, 1.54) is 12.1 Å². The minimum atomic E-state index is -3.78. The van der Waals surface area contributed by atoms with E-state index in [2.05, 4.69) is 9.82 Å². The van der Waals surface area contributed by atoms with Crippen LogP contribution in [0, 0.1) is 40.4 Å². The van der Waals surface area contributed by atoms with Gasteiger partial charge in [-0.1, -0.05) is 12.1 Å². The summed E-state index contributed by atoms with van der Waals surface area (Å²) >= 11 is 0. The van der Waals surface area contributed by atoms with Crippen LogP contribution in [0.3, 0.4) is 0 Å². The maximum atomic E-state index is 13.1. The highest BCUT2D eigenvalue weighted by Crippen LogP contribution is 2.30. The molecule has 0 aliphatic carbocycles. The van der Waals surface area contributed by atoms with Crippen LogP contribution in [0.15, 0.2) is 41.4 Å². The fourth-order valence-electron chi connectivity index (χ4n) is 3.34. The number of sulfonamides is 1. The Labute approximate surface area is 165 Å². The van der Waals surface area contributed by atoms with Crippen molar-refractivity contribution in [3.8, 4) is 0 Å². The van der Waals surface area contributed by atoms with Crippen LogP contribution < -0.4 is 4.72 Å². The van der Waals surface area contributed by atoms with Crippen molar-refractivity contribution in [2.24, 2.45) is 0 Å². The minimum absolute atomic E-state index is 0.247. The maximum absolute atomic E-state index is 13.1. The first kappa shape index (κ1) is 20.1. The van der Waals surface area contributed by atoms with E-state index in [1.54, 1.807) is 29.1 Å². The molecule has 0 amide bonds. The molecule has 0 unspecified atom stereocenters. The highest BCUT2D eigenvalue weighted by molar-refractivity contribution is 7.92. The second-order valence-electron chi connectivity index (χ2n) is 7.08. The number of hydrogen-bond acceptors (Lipinski definition) is 3. The molecule has 7 heteroatoms. The Morgan fingerprint density at radius 3 is 2.00 bits per heavy atom. The fraction of sp³-hybridized carbons (Fsp3) is 0.286. The van der Waals surface area contributed by atoms with Crippen LogP contribution in [0.1, 0.15) is 33.4 Å². The molecule has 0 aliphatic rings. The van der Waals surface area contributed by atoms with Gasteiger partial charge in [-0.05, 0) is 80.1 Å². The SMILES string of the molecule is Cc1c(C)c(C)c(S(=O)(=O)Nc2ccn(Cc3ccc(F)cc3)n2)c(C)c1C. The highest BCUT2D eigenvalue weighted by Gasteiger charge is 2.24. The summed E-state index contributed by atoms with van der Waals surface area (Å²) in [5.74, 6) is -0.0520. The number of hydrogen-bond donors (Lipinski definition) is 1. The van der Waals surface area contributed by atoms with Gasteiger partial charge in [0, 0.05) is 12.3 Å². The Morgan fingerprint density at radius 1 is 0.893 bits per heavy atom. The molecule has 0 saturated heterocycles. The standard InChI is InChI=1S/C21H24FN3O2S/c1-13-14(2)16(4)21(17(5)15(13)3)28(26,27)24-20-10-11-25(23-20)12-18-6-8-19(22)9-7-18/h6-11H,12H2,1-5H3,(H,23,24). The average molecular weight is 402 g/mol. The molecule has 1 aromatic heterocycles. The van der Waals surface area contributed by atoms with Gasteiger partial charge in [-0.15, -0.1) is 0 Å². The van der Waals surface area contributed by atoms with E-state index in [0.717, 1.165) is 33.4 Å². The summed E-state index contributed by atoms with van der Waals surface area (Å²) in [6, 6.07) is 7.72. The molecule has 148 valence electrons. The van der Waals surface area contributed by atoms with E-state index in [4.69, 9.17) is 0 Å². The first-order valence-corrected chi connectivity index (χ1v) is 10.5. The van der Waals surface area contributed by atoms with Crippen molar-refractivity contribution < 1.29 is 12.8 Å². The molecule has 0 saturated carbocycles. The smallest absolute Gasteiger partial charge is 0.263 e. The number of aromatic nitrogens is 2. The van der Waals surface area contributed by atoms with Crippen molar-refractivity contribution in [2.45, 2.75) is 46.1 Å². The van der Waals surface area contributed by atoms with Crippen LogP contribution in [-0.2, 0) is 16.6 Å². The van der Waals surface area contributed by atoms with Gasteiger partial charge in [0.1, 0.15) is 5.82 Å². The molecule has 0 spiro atoms. The van der Waals surface area contributed by atoms with E-state index >= 15 is 0 Å². The summed E-state index contributed by atoms with van der Waals surface area (Å²) in [6.07, 6.45) is 1.69. The zero-order chi connectivity index (χ0) is 20.6. The molecule has 3 rings (SSSR count). The molecule has 0 aliphatic heterocycles. The molecule has 28 heavy (non-hydrogen) atoms. The summed E-state index contributed by atoms with van der Waals surface area (Å²) in [5, 5.41) is 4.29. The summed E-state index contributed by atoms with van der Waals surface area (Å²) in [6.45, 7) is 9.96. The number of rotatable bonds is 5. The highest BCUT2D eigenvalue weighted by atomic mass is 32.2. The maximum Gasteiger partial charge on any atom is 0.263 e. The summed E-state index contributed by atoms with van der Waals surface area (Å²) in [4.78, 5) is 0.307. The molecule has 2 aromatic carbocycles. The van der Waals surface area contributed by atoms with E-state index in [1.807, 2.05) is 34.6 Å². The lowest BCUT2D eigenvalue weighted by atomic mass is 9.95. The van der Waals surface area contributed by atoms with Gasteiger partial charge in [-0.3, -0.25) is 9.40 Å². The minimum Gasteiger partial charge on any atom is -0.266 e. The largest absolute Gasteiger partial charge is 0.266 e. The van der Waals surface area contributed by atoms with Crippen molar-refractivity contribution in [3.63, 3.8) is 0 Å². The topological polar surface area (TPSA) is 64.0 Å². The van der Waals surface area contributed by atoms with Crippen LogP contribution in [0.5, 0.6) is 0 Å². The number of nitrogens with zero attached hydrogens (tertiary/aromatic N) is 2. The molecule has 0 atom stereocenters. The second-order valence-corrected chi connectivity index (χ2v) is 8.70. The number of anilines is 1. The predicted octanol–water partition coefficient (Wildman–Crippen LogP) is 4.41. The third-order valence-corrected chi connectivity index (χ3v) is 6.97. The van der Waals surface area contributed by atoms with Gasteiger partial charge in [-0.2, -0.15) is 5.10 Å². The summed E-state index contributed by atoms with van der Waals surface area (Å²) < 4.78 is 43.3. The fourth-order valence-corrected chi connectivity index (χ4v) is 4.94. The van der Waals surface area contributed by atoms with Crippen molar-refractivity contribution in [1.82, 2.24) is 9.78 Å². The summed E-state index contributed by atoms with van der Waals surface area (Å²) in [5.41, 5.74) is 5.43. The quantitative estimate of drug-likeness (QED) is 0.689. The van der Waals surface area contributed by atoms with Gasteiger partial charge in [0.15, 0.2) is 5.82 Å². The zero-order valence-corrected chi connectivity index (χ0v) is 17.5. The van der Waals surface area contributed by atoms with Gasteiger partial charge in [0.05, 0.1) is 11.4 Å². The molecule has 3 aromatic rings. The average Bonchev–Trinajstić information content (AvgIpc) is 3.06. The molecule has 1 heterocycles. The monoisotopic (exact) mass is 401 g/mol. The van der Waals surface area contributed by atoms with E-state index in [0.29, 0.717) is 11.4 Å². The Bertz CT molecular complexity index is 1100. The van der Waals surface area contributed by atoms with Crippen LogP contribution in [0.4, 0.5) is 10.2 Å². The predicted molar refractivity (Wildman–Crippen MR) is 109 cm³/mol. The Balaban J connectivity index is 1.88. The molecule has 5 nitrogen and oxygen atoms in total. The number of benzene rings is 2. The van der Waals surface area contributed by atoms with Gasteiger partial charge >= 0.3 is 0 Å². The van der Waals surface area contributed by atoms with Crippen molar-refractivity contribution in [2.75, 3.05) is 4.72 Å². The van der Waals surface area contributed by atoms with Crippen LogP contribution in [-0.4, -0.2) is 18.2 Å². The van der Waals surface area contributed by atoms with E-state index in [9.17, 15) is 12.8 Å². The van der Waals surface area contributed by atoms with Crippen LogP contribution in [0.2, 0.25) is 0 Å². The lowest BCUT2D eigenvalue weighted by Crippen LogP contribution is -2.18. The van der Waals surface area contributed by atoms with E-state index in [-0.39, 0.29) is 11.6 Å². The van der Waals surface area contributed by atoms with Crippen LogP contribution >= 0.6 is 0 Å². The number of nitrogens with one attached hydrogen (secondary N) is 1. The van der Waals surface area contributed by atoms with Gasteiger partial charge in [0.25, 0.3) is 10.0 Å². The first-order valence-electron chi connectivity index (χ1n) is 8.98. The second kappa shape index (κ2) is 7.39. The third kappa shape index (κ3) is 3.80. The third-order valence-electron chi connectivity index (χ3n) is 5.34. The van der Waals surface area contributed by atoms with Crippen molar-refractivity contribution in [3.05, 3.63) is 75.7 Å².